The van der Waals surface area contributed by atoms with Crippen LogP contribution in [0.2, 0.25) is 5.02 Å². The number of amides is 2. The van der Waals surface area contributed by atoms with Crippen LogP contribution in [0.5, 0.6) is 5.75 Å². The summed E-state index contributed by atoms with van der Waals surface area (Å²) in [5.74, 6) is -2.65. The predicted molar refractivity (Wildman–Crippen MR) is 79.0 cm³/mol. The molecule has 3 N–H and O–H groups in total. The molecule has 0 saturated heterocycles. The molecule has 0 aliphatic heterocycles. The molecular formula is C13H14ClN3O5. The van der Waals surface area contributed by atoms with Gasteiger partial charge in [0.15, 0.2) is 6.61 Å². The number of nitrogens with zero attached hydrogens (tertiary/aromatic N) is 1. The summed E-state index contributed by atoms with van der Waals surface area (Å²) in [5, 5.41) is 14.9. The molecule has 0 aliphatic carbocycles. The smallest absolute Gasteiger partial charge is 0.341 e. The lowest BCUT2D eigenvalue weighted by atomic mass is 10.2. The quantitative estimate of drug-likeness (QED) is 0.397. The molecule has 0 aromatic heterocycles. The summed E-state index contributed by atoms with van der Waals surface area (Å²) in [5.41, 5.74) is 2.38. The Labute approximate surface area is 131 Å². The van der Waals surface area contributed by atoms with E-state index in [1.54, 1.807) is 6.92 Å². The number of hydrogen-bond acceptors (Lipinski definition) is 5. The average Bonchev–Trinajstić information content (AvgIpc) is 2.46. The number of aliphatic carboxylic acids is 1. The lowest BCUT2D eigenvalue weighted by molar-refractivity contribution is -0.139. The SMILES string of the molecule is CCNC(=O)C(=O)N/N=C\c1cc(Cl)ccc1OCC(=O)O. The number of carboxylic acid groups (broad SMARTS) is 1. The maximum Gasteiger partial charge on any atom is 0.341 e. The van der Waals surface area contributed by atoms with Crippen LogP contribution < -0.4 is 15.5 Å². The molecule has 0 radical (unpaired) electrons. The summed E-state index contributed by atoms with van der Waals surface area (Å²) >= 11 is 5.83. The molecule has 0 bridgehead atoms. The van der Waals surface area contributed by atoms with Gasteiger partial charge >= 0.3 is 17.8 Å². The Morgan fingerprint density at radius 3 is 2.73 bits per heavy atom. The molecule has 0 aliphatic rings. The molecule has 0 atom stereocenters. The van der Waals surface area contributed by atoms with Crippen LogP contribution in [0.4, 0.5) is 0 Å². The monoisotopic (exact) mass is 327 g/mol. The van der Waals surface area contributed by atoms with E-state index in [2.05, 4.69) is 10.4 Å². The van der Waals surface area contributed by atoms with Crippen LogP contribution in [0.1, 0.15) is 12.5 Å². The van der Waals surface area contributed by atoms with E-state index in [0.29, 0.717) is 17.1 Å². The van der Waals surface area contributed by atoms with Gasteiger partial charge in [-0.05, 0) is 25.1 Å². The van der Waals surface area contributed by atoms with Crippen molar-refractivity contribution in [3.8, 4) is 5.75 Å². The zero-order valence-electron chi connectivity index (χ0n) is 11.6. The largest absolute Gasteiger partial charge is 0.481 e. The molecule has 0 fully saturated rings. The first-order chi connectivity index (χ1) is 10.4. The first-order valence-corrected chi connectivity index (χ1v) is 6.57. The van der Waals surface area contributed by atoms with E-state index in [-0.39, 0.29) is 5.75 Å². The summed E-state index contributed by atoms with van der Waals surface area (Å²) in [4.78, 5) is 33.0. The second-order valence-electron chi connectivity index (χ2n) is 3.92. The molecule has 118 valence electrons. The van der Waals surface area contributed by atoms with Crippen LogP contribution in [0.3, 0.4) is 0 Å². The zero-order chi connectivity index (χ0) is 16.5. The lowest BCUT2D eigenvalue weighted by Crippen LogP contribution is -2.37. The third-order valence-corrected chi connectivity index (χ3v) is 2.47. The number of hydrazone groups is 1. The lowest BCUT2D eigenvalue weighted by Gasteiger charge is -2.07. The van der Waals surface area contributed by atoms with Crippen molar-refractivity contribution in [2.24, 2.45) is 5.10 Å². The second-order valence-corrected chi connectivity index (χ2v) is 4.36. The van der Waals surface area contributed by atoms with Gasteiger partial charge in [-0.3, -0.25) is 9.59 Å². The number of carbonyl (C=O) groups is 3. The first kappa shape index (κ1) is 17.4. The van der Waals surface area contributed by atoms with Gasteiger partial charge in [0.25, 0.3) is 0 Å². The molecule has 9 heteroatoms. The van der Waals surface area contributed by atoms with Crippen molar-refractivity contribution in [3.63, 3.8) is 0 Å². The Morgan fingerprint density at radius 1 is 1.36 bits per heavy atom. The highest BCUT2D eigenvalue weighted by molar-refractivity contribution is 6.35. The number of nitrogens with one attached hydrogen (secondary N) is 2. The van der Waals surface area contributed by atoms with Gasteiger partial charge in [0.2, 0.25) is 0 Å². The second kappa shape index (κ2) is 8.63. The fourth-order valence-electron chi connectivity index (χ4n) is 1.34. The fourth-order valence-corrected chi connectivity index (χ4v) is 1.52. The third kappa shape index (κ3) is 5.80. The van der Waals surface area contributed by atoms with E-state index >= 15 is 0 Å². The molecule has 0 heterocycles. The van der Waals surface area contributed by atoms with Crippen LogP contribution in [-0.2, 0) is 14.4 Å². The molecule has 1 rings (SSSR count). The van der Waals surface area contributed by atoms with Gasteiger partial charge < -0.3 is 15.2 Å². The van der Waals surface area contributed by atoms with E-state index < -0.39 is 24.4 Å². The topological polar surface area (TPSA) is 117 Å². The van der Waals surface area contributed by atoms with E-state index in [4.69, 9.17) is 21.4 Å². The predicted octanol–water partition coefficient (Wildman–Crippen LogP) is 0.390. The summed E-state index contributed by atoms with van der Waals surface area (Å²) in [6.45, 7) is 1.46. The number of ether oxygens (including phenoxy) is 1. The van der Waals surface area contributed by atoms with Gasteiger partial charge in [0.1, 0.15) is 5.75 Å². The molecule has 0 spiro atoms. The van der Waals surface area contributed by atoms with Crippen molar-refractivity contribution in [1.82, 2.24) is 10.7 Å². The first-order valence-electron chi connectivity index (χ1n) is 6.19. The minimum absolute atomic E-state index is 0.225. The molecule has 1 aromatic rings. The van der Waals surface area contributed by atoms with Crippen LogP contribution in [0, 0.1) is 0 Å². The molecular weight excluding hydrogens is 314 g/mol. The summed E-state index contributed by atoms with van der Waals surface area (Å²) in [6.07, 6.45) is 1.19. The van der Waals surface area contributed by atoms with E-state index in [1.807, 2.05) is 5.43 Å². The van der Waals surface area contributed by atoms with E-state index in [1.165, 1.54) is 24.4 Å². The number of benzene rings is 1. The summed E-state index contributed by atoms with van der Waals surface area (Å²) in [6, 6.07) is 4.46. The maximum absolute atomic E-state index is 11.3. The van der Waals surface area contributed by atoms with Gasteiger partial charge in [-0.1, -0.05) is 11.6 Å². The van der Waals surface area contributed by atoms with Gasteiger partial charge in [-0.15, -0.1) is 0 Å². The zero-order valence-corrected chi connectivity index (χ0v) is 12.4. The van der Waals surface area contributed by atoms with Gasteiger partial charge in [-0.25, -0.2) is 10.2 Å². The number of likely N-dealkylation sites (N-methyl/N-ethyl adjacent to an activating group) is 1. The highest BCUT2D eigenvalue weighted by Crippen LogP contribution is 2.21. The highest BCUT2D eigenvalue weighted by atomic mass is 35.5. The minimum Gasteiger partial charge on any atom is -0.481 e. The Morgan fingerprint density at radius 2 is 2.09 bits per heavy atom. The average molecular weight is 328 g/mol. The van der Waals surface area contributed by atoms with Crippen LogP contribution in [0.15, 0.2) is 23.3 Å². The Kier molecular flexibility index (Phi) is 6.84. The minimum atomic E-state index is -1.14. The van der Waals surface area contributed by atoms with Crippen molar-refractivity contribution < 1.29 is 24.2 Å². The van der Waals surface area contributed by atoms with Gasteiger partial charge in [0, 0.05) is 17.1 Å². The summed E-state index contributed by atoms with van der Waals surface area (Å²) in [7, 11) is 0. The summed E-state index contributed by atoms with van der Waals surface area (Å²) < 4.78 is 5.06. The molecule has 0 saturated carbocycles. The molecule has 1 aromatic carbocycles. The van der Waals surface area contributed by atoms with E-state index in [0.717, 1.165) is 0 Å². The van der Waals surface area contributed by atoms with Crippen LogP contribution in [-0.4, -0.2) is 42.3 Å². The van der Waals surface area contributed by atoms with E-state index in [9.17, 15) is 14.4 Å². The molecule has 0 unspecified atom stereocenters. The molecule has 2 amide bonds. The Balaban J connectivity index is 2.76. The maximum atomic E-state index is 11.3. The molecule has 22 heavy (non-hydrogen) atoms. The number of carbonyl (C=O) groups excluding carboxylic acids is 2. The van der Waals surface area contributed by atoms with Crippen LogP contribution >= 0.6 is 11.6 Å². The normalized spacial score (nSPS) is 10.3. The Bertz CT molecular complexity index is 603. The number of halogens is 1. The van der Waals surface area contributed by atoms with Crippen molar-refractivity contribution in [3.05, 3.63) is 28.8 Å². The number of carboxylic acids is 1. The van der Waals surface area contributed by atoms with Crippen molar-refractivity contribution in [2.75, 3.05) is 13.2 Å². The third-order valence-electron chi connectivity index (χ3n) is 2.24. The van der Waals surface area contributed by atoms with Gasteiger partial charge in [0.05, 0.1) is 6.21 Å². The number of hydrogen-bond donors (Lipinski definition) is 3. The Hall–Kier alpha value is -2.61. The highest BCUT2D eigenvalue weighted by Gasteiger charge is 2.10. The van der Waals surface area contributed by atoms with Crippen molar-refractivity contribution in [2.45, 2.75) is 6.92 Å². The fraction of sp³-hybridized carbons (Fsp3) is 0.231. The standard InChI is InChI=1S/C13H14ClN3O5/c1-2-15-12(20)13(21)17-16-6-8-5-9(14)3-4-10(8)22-7-11(18)19/h3-6H,2,7H2,1H3,(H,15,20)(H,17,21)(H,18,19)/b16-6-. The van der Waals surface area contributed by atoms with Crippen molar-refractivity contribution >= 4 is 35.6 Å². The number of rotatable bonds is 6. The van der Waals surface area contributed by atoms with Gasteiger partial charge in [-0.2, -0.15) is 5.10 Å². The van der Waals surface area contributed by atoms with Crippen LogP contribution in [0.25, 0.3) is 0 Å². The molecule has 8 nitrogen and oxygen atoms in total. The van der Waals surface area contributed by atoms with Crippen molar-refractivity contribution in [1.29, 1.82) is 0 Å².